The summed E-state index contributed by atoms with van der Waals surface area (Å²) in [5.41, 5.74) is 3.26. The van der Waals surface area contributed by atoms with E-state index in [0.29, 0.717) is 28.0 Å². The van der Waals surface area contributed by atoms with Gasteiger partial charge in [0.1, 0.15) is 10.6 Å². The van der Waals surface area contributed by atoms with Crippen LogP contribution in [0.15, 0.2) is 88.1 Å². The van der Waals surface area contributed by atoms with E-state index in [1.54, 1.807) is 40.9 Å². The van der Waals surface area contributed by atoms with Crippen molar-refractivity contribution in [1.29, 1.82) is 0 Å². The molecule has 0 aliphatic heterocycles. The Morgan fingerprint density at radius 3 is 2.64 bits per heavy atom. The summed E-state index contributed by atoms with van der Waals surface area (Å²) in [5.74, 6) is 0.553. The van der Waals surface area contributed by atoms with Crippen LogP contribution in [-0.2, 0) is 6.42 Å². The molecule has 1 N–H and O–H groups in total. The van der Waals surface area contributed by atoms with Gasteiger partial charge in [-0.25, -0.2) is 4.79 Å². The Morgan fingerprint density at radius 1 is 0.972 bits per heavy atom. The van der Waals surface area contributed by atoms with Crippen molar-refractivity contribution in [2.45, 2.75) is 13.3 Å². The number of para-hydroxylation sites is 1. The minimum absolute atomic E-state index is 0.254. The smallest absolute Gasteiger partial charge is 0.344 e. The Morgan fingerprint density at radius 2 is 1.81 bits per heavy atom. The van der Waals surface area contributed by atoms with Gasteiger partial charge in [0, 0.05) is 28.6 Å². The Kier molecular flexibility index (Phi) is 5.38. The second kappa shape index (κ2) is 8.86. The average molecular weight is 494 g/mol. The molecule has 0 unspecified atom stereocenters. The van der Waals surface area contributed by atoms with Crippen LogP contribution in [0.25, 0.3) is 37.6 Å². The minimum Gasteiger partial charge on any atom is -0.422 e. The molecule has 0 saturated carbocycles. The van der Waals surface area contributed by atoms with Crippen molar-refractivity contribution in [2.24, 2.45) is 0 Å². The number of rotatable bonds is 5. The zero-order chi connectivity index (χ0) is 24.6. The Hall–Kier alpha value is -4.63. The van der Waals surface area contributed by atoms with Crippen LogP contribution in [0.1, 0.15) is 23.1 Å². The summed E-state index contributed by atoms with van der Waals surface area (Å²) in [5, 5.41) is 17.5. The molecular formula is C27H19N5O3S. The number of carbonyl (C=O) groups is 1. The molecule has 0 atom stereocenters. The minimum atomic E-state index is -0.417. The van der Waals surface area contributed by atoms with E-state index in [9.17, 15) is 9.59 Å². The summed E-state index contributed by atoms with van der Waals surface area (Å²) in [7, 11) is 0. The molecule has 6 aromatic rings. The van der Waals surface area contributed by atoms with Crippen LogP contribution in [0.4, 0.5) is 5.69 Å². The molecule has 3 aromatic carbocycles. The predicted molar refractivity (Wildman–Crippen MR) is 139 cm³/mol. The number of fused-ring (bicyclic) bond motifs is 2. The van der Waals surface area contributed by atoms with Crippen LogP contribution in [0.5, 0.6) is 0 Å². The normalized spacial score (nSPS) is 11.2. The number of nitrogens with zero attached hydrogens (tertiary/aromatic N) is 4. The number of amides is 1. The quantitative estimate of drug-likeness (QED) is 0.321. The highest BCUT2D eigenvalue weighted by Gasteiger charge is 2.14. The van der Waals surface area contributed by atoms with Gasteiger partial charge in [-0.2, -0.15) is 9.61 Å². The summed E-state index contributed by atoms with van der Waals surface area (Å²) in [6.45, 7) is 2.01. The summed E-state index contributed by atoms with van der Waals surface area (Å²) in [6, 6.07) is 23.6. The maximum Gasteiger partial charge on any atom is 0.344 e. The summed E-state index contributed by atoms with van der Waals surface area (Å²) in [6.07, 6.45) is 0.741. The van der Waals surface area contributed by atoms with Gasteiger partial charge in [-0.3, -0.25) is 4.79 Å². The molecule has 6 rings (SSSR count). The Labute approximate surface area is 208 Å². The maximum absolute atomic E-state index is 12.9. The third-order valence-corrected chi connectivity index (χ3v) is 6.79. The van der Waals surface area contributed by atoms with Gasteiger partial charge in [-0.15, -0.1) is 10.2 Å². The number of aryl methyl sites for hydroxylation is 1. The van der Waals surface area contributed by atoms with Crippen molar-refractivity contribution in [3.05, 3.63) is 101 Å². The highest BCUT2D eigenvalue weighted by atomic mass is 32.1. The highest BCUT2D eigenvalue weighted by molar-refractivity contribution is 7.19. The van der Waals surface area contributed by atoms with Gasteiger partial charge < -0.3 is 9.73 Å². The fourth-order valence-electron chi connectivity index (χ4n) is 3.99. The third-order valence-electron chi connectivity index (χ3n) is 5.84. The molecule has 1 amide bonds. The first-order valence-electron chi connectivity index (χ1n) is 11.4. The monoisotopic (exact) mass is 493 g/mol. The SMILES string of the molecule is CCc1nnc2sc(-c3cccc(NC(=O)c4ccc(-c5cc6ccccc6oc5=O)cc4)c3)nn12. The van der Waals surface area contributed by atoms with Gasteiger partial charge in [0.2, 0.25) is 4.96 Å². The van der Waals surface area contributed by atoms with Crippen LogP contribution < -0.4 is 10.9 Å². The maximum atomic E-state index is 12.9. The lowest BCUT2D eigenvalue weighted by atomic mass is 10.0. The van der Waals surface area contributed by atoms with Gasteiger partial charge in [0.05, 0.1) is 5.56 Å². The Balaban J connectivity index is 1.23. The van der Waals surface area contributed by atoms with Crippen LogP contribution in [0.2, 0.25) is 0 Å². The number of nitrogens with one attached hydrogen (secondary N) is 1. The van der Waals surface area contributed by atoms with Crippen molar-refractivity contribution in [2.75, 3.05) is 5.32 Å². The number of benzene rings is 3. The first kappa shape index (κ1) is 21.9. The average Bonchev–Trinajstić information content (AvgIpc) is 3.50. The standard InChI is InChI=1S/C27H19N5O3S/c1-2-23-29-30-27-32(23)31-25(36-27)19-7-5-8-20(14-19)28-24(33)17-12-10-16(11-13-17)21-15-18-6-3-4-9-22(18)35-26(21)34/h3-15H,2H2,1H3,(H,28,33). The first-order valence-corrected chi connectivity index (χ1v) is 12.2. The van der Waals surface area contributed by atoms with E-state index in [-0.39, 0.29) is 5.91 Å². The molecule has 3 heterocycles. The van der Waals surface area contributed by atoms with E-state index in [1.165, 1.54) is 11.3 Å². The second-order valence-electron chi connectivity index (χ2n) is 8.17. The summed E-state index contributed by atoms with van der Waals surface area (Å²) >= 11 is 1.44. The van der Waals surface area contributed by atoms with E-state index in [0.717, 1.165) is 33.2 Å². The van der Waals surface area contributed by atoms with Crippen molar-refractivity contribution >= 4 is 38.9 Å². The molecule has 0 bridgehead atoms. The highest BCUT2D eigenvalue weighted by Crippen LogP contribution is 2.28. The van der Waals surface area contributed by atoms with E-state index in [2.05, 4.69) is 20.6 Å². The zero-order valence-electron chi connectivity index (χ0n) is 19.1. The topological polar surface area (TPSA) is 102 Å². The molecule has 0 spiro atoms. The largest absolute Gasteiger partial charge is 0.422 e. The molecule has 0 saturated heterocycles. The van der Waals surface area contributed by atoms with E-state index in [4.69, 9.17) is 4.42 Å². The van der Waals surface area contributed by atoms with Gasteiger partial charge in [-0.05, 0) is 42.0 Å². The fourth-order valence-corrected chi connectivity index (χ4v) is 4.85. The van der Waals surface area contributed by atoms with Gasteiger partial charge in [0.15, 0.2) is 5.82 Å². The number of anilines is 1. The predicted octanol–water partition coefficient (Wildman–Crippen LogP) is 5.44. The van der Waals surface area contributed by atoms with Crippen LogP contribution >= 0.6 is 11.3 Å². The number of hydrogen-bond donors (Lipinski definition) is 1. The molecule has 0 aliphatic carbocycles. The molecule has 0 aliphatic rings. The van der Waals surface area contributed by atoms with E-state index < -0.39 is 5.63 Å². The molecular weight excluding hydrogens is 474 g/mol. The second-order valence-corrected chi connectivity index (χ2v) is 9.12. The molecule has 0 fully saturated rings. The summed E-state index contributed by atoms with van der Waals surface area (Å²) in [4.78, 5) is 26.1. The van der Waals surface area contributed by atoms with Crippen LogP contribution in [0.3, 0.4) is 0 Å². The van der Waals surface area contributed by atoms with E-state index in [1.807, 2.05) is 49.4 Å². The fraction of sp³-hybridized carbons (Fsp3) is 0.0741. The lowest BCUT2D eigenvalue weighted by Gasteiger charge is -2.08. The number of aromatic nitrogens is 4. The number of hydrogen-bond acceptors (Lipinski definition) is 7. The number of carbonyl (C=O) groups excluding carboxylic acids is 1. The van der Waals surface area contributed by atoms with Crippen molar-refractivity contribution in [1.82, 2.24) is 19.8 Å². The molecule has 9 heteroatoms. The molecule has 0 radical (unpaired) electrons. The van der Waals surface area contributed by atoms with Crippen molar-refractivity contribution < 1.29 is 9.21 Å². The van der Waals surface area contributed by atoms with Crippen molar-refractivity contribution in [3.63, 3.8) is 0 Å². The molecule has 8 nitrogen and oxygen atoms in total. The van der Waals surface area contributed by atoms with Gasteiger partial charge in [-0.1, -0.05) is 60.7 Å². The molecule has 176 valence electrons. The van der Waals surface area contributed by atoms with Crippen LogP contribution in [-0.4, -0.2) is 25.7 Å². The lowest BCUT2D eigenvalue weighted by Crippen LogP contribution is -2.12. The van der Waals surface area contributed by atoms with Crippen LogP contribution in [0, 0.1) is 0 Å². The molecule has 36 heavy (non-hydrogen) atoms. The van der Waals surface area contributed by atoms with Crippen molar-refractivity contribution in [3.8, 4) is 21.7 Å². The Bertz CT molecular complexity index is 1800. The van der Waals surface area contributed by atoms with Gasteiger partial charge >= 0.3 is 5.63 Å². The van der Waals surface area contributed by atoms with Gasteiger partial charge in [0.25, 0.3) is 5.91 Å². The zero-order valence-corrected chi connectivity index (χ0v) is 20.0. The van der Waals surface area contributed by atoms with E-state index >= 15 is 0 Å². The molecule has 3 aromatic heterocycles. The summed E-state index contributed by atoms with van der Waals surface area (Å²) < 4.78 is 7.18. The lowest BCUT2D eigenvalue weighted by molar-refractivity contribution is 0.102. The third kappa shape index (κ3) is 3.95. The first-order chi connectivity index (χ1) is 17.6.